The third-order valence-electron chi connectivity index (χ3n) is 3.27. The predicted octanol–water partition coefficient (Wildman–Crippen LogP) is 1.26. The summed E-state index contributed by atoms with van der Waals surface area (Å²) in [7, 11) is 0. The topological polar surface area (TPSA) is 120 Å². The van der Waals surface area contributed by atoms with E-state index in [0.29, 0.717) is 5.82 Å². The fourth-order valence-electron chi connectivity index (χ4n) is 2.14. The molecule has 3 aromatic rings. The van der Waals surface area contributed by atoms with Crippen LogP contribution in [0.15, 0.2) is 53.7 Å². The van der Waals surface area contributed by atoms with E-state index >= 15 is 0 Å². The van der Waals surface area contributed by atoms with E-state index in [4.69, 9.17) is 5.26 Å². The summed E-state index contributed by atoms with van der Waals surface area (Å²) in [5.41, 5.74) is -0.472. The van der Waals surface area contributed by atoms with Crippen LogP contribution in [-0.4, -0.2) is 24.3 Å². The summed E-state index contributed by atoms with van der Waals surface area (Å²) in [6.07, 6.45) is 2.56. The molecule has 0 unspecified atom stereocenters. The summed E-state index contributed by atoms with van der Waals surface area (Å²) in [5, 5.41) is 24.1. The molecule has 3 rings (SSSR count). The summed E-state index contributed by atoms with van der Waals surface area (Å²) in [6.45, 7) is -0.0744. The van der Waals surface area contributed by atoms with Gasteiger partial charge in [0.15, 0.2) is 5.82 Å². The highest BCUT2D eigenvalue weighted by Crippen LogP contribution is 2.11. The molecule has 24 heavy (non-hydrogen) atoms. The van der Waals surface area contributed by atoms with Crippen molar-refractivity contribution in [1.29, 1.82) is 5.26 Å². The first-order valence-corrected chi connectivity index (χ1v) is 6.83. The van der Waals surface area contributed by atoms with Crippen LogP contribution < -0.4 is 5.56 Å². The van der Waals surface area contributed by atoms with Gasteiger partial charge < -0.3 is 0 Å². The van der Waals surface area contributed by atoms with Crippen LogP contribution in [0.4, 0.5) is 5.69 Å². The van der Waals surface area contributed by atoms with Crippen LogP contribution in [0, 0.1) is 21.4 Å². The molecule has 0 fully saturated rings. The molecular weight excluding hydrogens is 312 g/mol. The second kappa shape index (κ2) is 6.13. The van der Waals surface area contributed by atoms with E-state index in [1.807, 2.05) is 30.3 Å². The second-order valence-corrected chi connectivity index (χ2v) is 4.85. The molecule has 0 amide bonds. The largest absolute Gasteiger partial charge is 0.300 e. The molecule has 9 heteroatoms. The summed E-state index contributed by atoms with van der Waals surface area (Å²) >= 11 is 0. The molecule has 2 heterocycles. The Bertz CT molecular complexity index is 1000. The van der Waals surface area contributed by atoms with Crippen molar-refractivity contribution < 1.29 is 4.92 Å². The molecule has 0 atom stereocenters. The highest BCUT2D eigenvalue weighted by Gasteiger charge is 2.15. The van der Waals surface area contributed by atoms with Crippen LogP contribution in [0.5, 0.6) is 0 Å². The van der Waals surface area contributed by atoms with Gasteiger partial charge in [0.2, 0.25) is 0 Å². The van der Waals surface area contributed by atoms with Crippen molar-refractivity contribution in [2.45, 2.75) is 6.54 Å². The number of hydrogen-bond acceptors (Lipinski definition) is 6. The van der Waals surface area contributed by atoms with Crippen LogP contribution in [-0.2, 0) is 6.54 Å². The van der Waals surface area contributed by atoms with E-state index in [0.717, 1.165) is 22.5 Å². The molecule has 118 valence electrons. The van der Waals surface area contributed by atoms with Gasteiger partial charge in [0, 0.05) is 6.07 Å². The Labute approximate surface area is 135 Å². The maximum absolute atomic E-state index is 12.1. The molecule has 0 bridgehead atoms. The van der Waals surface area contributed by atoms with E-state index in [-0.39, 0.29) is 17.8 Å². The van der Waals surface area contributed by atoms with Crippen molar-refractivity contribution in [1.82, 2.24) is 19.3 Å². The van der Waals surface area contributed by atoms with E-state index in [9.17, 15) is 14.9 Å². The smallest absolute Gasteiger partial charge is 0.287 e. The van der Waals surface area contributed by atoms with Crippen molar-refractivity contribution in [2.24, 2.45) is 0 Å². The van der Waals surface area contributed by atoms with Gasteiger partial charge in [-0.05, 0) is 12.1 Å². The summed E-state index contributed by atoms with van der Waals surface area (Å²) in [6, 6.07) is 11.9. The number of hydrogen-bond donors (Lipinski definition) is 0. The zero-order chi connectivity index (χ0) is 17.1. The van der Waals surface area contributed by atoms with Crippen molar-refractivity contribution in [3.05, 3.63) is 80.8 Å². The van der Waals surface area contributed by atoms with Gasteiger partial charge in [0.05, 0.1) is 23.4 Å². The second-order valence-electron chi connectivity index (χ2n) is 4.85. The fraction of sp³-hybridized carbons (Fsp3) is 0.0667. The van der Waals surface area contributed by atoms with Gasteiger partial charge in [-0.3, -0.25) is 19.5 Å². The van der Waals surface area contributed by atoms with Gasteiger partial charge in [-0.25, -0.2) is 9.67 Å². The summed E-state index contributed by atoms with van der Waals surface area (Å²) in [4.78, 5) is 26.5. The number of para-hydroxylation sites is 1. The maximum Gasteiger partial charge on any atom is 0.287 e. The quantitative estimate of drug-likeness (QED) is 0.526. The highest BCUT2D eigenvalue weighted by molar-refractivity contribution is 5.37. The molecule has 0 aliphatic carbocycles. The zero-order valence-electron chi connectivity index (χ0n) is 12.2. The van der Waals surface area contributed by atoms with Gasteiger partial charge >= 0.3 is 0 Å². The van der Waals surface area contributed by atoms with Crippen LogP contribution >= 0.6 is 0 Å². The standard InChI is InChI=1S/C15H10N6O3/c16-7-11-6-13(21(23)24)8-19(15(11)22)9-14-17-10-20(18-14)12-4-2-1-3-5-12/h1-6,8,10H,9H2. The molecule has 2 aromatic heterocycles. The minimum Gasteiger partial charge on any atom is -0.300 e. The molecule has 0 N–H and O–H groups in total. The number of rotatable bonds is 4. The molecule has 0 spiro atoms. The summed E-state index contributed by atoms with van der Waals surface area (Å²) in [5.74, 6) is 0.297. The predicted molar refractivity (Wildman–Crippen MR) is 82.5 cm³/mol. The number of aromatic nitrogens is 4. The van der Waals surface area contributed by atoms with Crippen LogP contribution in [0.3, 0.4) is 0 Å². The molecule has 0 aliphatic heterocycles. The van der Waals surface area contributed by atoms with Crippen molar-refractivity contribution in [2.75, 3.05) is 0 Å². The van der Waals surface area contributed by atoms with E-state index < -0.39 is 10.5 Å². The minimum absolute atomic E-state index is 0.0744. The van der Waals surface area contributed by atoms with Crippen molar-refractivity contribution in [3.8, 4) is 11.8 Å². The van der Waals surface area contributed by atoms with Gasteiger partial charge in [0.25, 0.3) is 11.2 Å². The Hall–Kier alpha value is -3.80. The Morgan fingerprint density at radius 3 is 2.71 bits per heavy atom. The third kappa shape index (κ3) is 2.89. The lowest BCUT2D eigenvalue weighted by atomic mass is 10.2. The van der Waals surface area contributed by atoms with Crippen molar-refractivity contribution >= 4 is 5.69 Å². The number of benzene rings is 1. The minimum atomic E-state index is -0.660. The van der Waals surface area contributed by atoms with Gasteiger partial charge in [-0.1, -0.05) is 18.2 Å². The molecule has 0 saturated heterocycles. The molecule has 0 aliphatic rings. The Balaban J connectivity index is 1.96. The van der Waals surface area contributed by atoms with E-state index in [2.05, 4.69) is 10.1 Å². The molecular formula is C15H10N6O3. The first-order chi connectivity index (χ1) is 11.6. The normalized spacial score (nSPS) is 10.3. The lowest BCUT2D eigenvalue weighted by Crippen LogP contribution is -2.23. The van der Waals surface area contributed by atoms with Crippen LogP contribution in [0.25, 0.3) is 5.69 Å². The van der Waals surface area contributed by atoms with Gasteiger partial charge in [-0.15, -0.1) is 5.10 Å². The van der Waals surface area contributed by atoms with E-state index in [1.165, 1.54) is 11.0 Å². The SMILES string of the molecule is N#Cc1cc([N+](=O)[O-])cn(Cc2ncn(-c3ccccc3)n2)c1=O. The average molecular weight is 322 g/mol. The molecule has 9 nitrogen and oxygen atoms in total. The van der Waals surface area contributed by atoms with Crippen LogP contribution in [0.1, 0.15) is 11.4 Å². The third-order valence-corrected chi connectivity index (χ3v) is 3.27. The summed E-state index contributed by atoms with van der Waals surface area (Å²) < 4.78 is 2.59. The Kier molecular flexibility index (Phi) is 3.86. The molecule has 0 saturated carbocycles. The maximum atomic E-state index is 12.1. The van der Waals surface area contributed by atoms with Crippen molar-refractivity contribution in [3.63, 3.8) is 0 Å². The molecule has 1 aromatic carbocycles. The number of nitriles is 1. The number of nitro groups is 1. The fourth-order valence-corrected chi connectivity index (χ4v) is 2.14. The lowest BCUT2D eigenvalue weighted by molar-refractivity contribution is -0.385. The lowest BCUT2D eigenvalue weighted by Gasteiger charge is -2.03. The zero-order valence-corrected chi connectivity index (χ0v) is 12.2. The van der Waals surface area contributed by atoms with Crippen LogP contribution in [0.2, 0.25) is 0 Å². The average Bonchev–Trinajstić information content (AvgIpc) is 3.06. The monoisotopic (exact) mass is 322 g/mol. The number of pyridine rings is 1. The van der Waals surface area contributed by atoms with Gasteiger partial charge in [-0.2, -0.15) is 5.26 Å². The number of nitrogens with zero attached hydrogens (tertiary/aromatic N) is 6. The first kappa shape index (κ1) is 15.1. The Morgan fingerprint density at radius 1 is 1.29 bits per heavy atom. The highest BCUT2D eigenvalue weighted by atomic mass is 16.6. The first-order valence-electron chi connectivity index (χ1n) is 6.83. The van der Waals surface area contributed by atoms with Gasteiger partial charge in [0.1, 0.15) is 18.0 Å². The molecule has 0 radical (unpaired) electrons. The Morgan fingerprint density at radius 2 is 2.04 bits per heavy atom. The van der Waals surface area contributed by atoms with E-state index in [1.54, 1.807) is 6.07 Å².